The number of carboxylic acid groups (broad SMARTS) is 1. The number of nitrogens with one attached hydrogen (secondary N) is 1. The summed E-state index contributed by atoms with van der Waals surface area (Å²) in [5, 5.41) is 11.8. The quantitative estimate of drug-likeness (QED) is 0.790. The summed E-state index contributed by atoms with van der Waals surface area (Å²) in [5.41, 5.74) is 0. The van der Waals surface area contributed by atoms with E-state index < -0.39 is 12.1 Å². The van der Waals surface area contributed by atoms with Crippen LogP contribution in [0.15, 0.2) is 12.4 Å². The van der Waals surface area contributed by atoms with E-state index in [1.54, 1.807) is 6.20 Å². The van der Waals surface area contributed by atoms with Crippen molar-refractivity contribution in [3.05, 3.63) is 12.4 Å². The first-order valence-electron chi connectivity index (χ1n) is 5.67. The molecule has 0 aliphatic carbocycles. The Kier molecular flexibility index (Phi) is 3.93. The largest absolute Gasteiger partial charge is 0.480 e. The minimum absolute atomic E-state index is 0.112. The smallest absolute Gasteiger partial charge is 0.332 e. The molecule has 98 valence electrons. The van der Waals surface area contributed by atoms with Crippen LogP contribution in [-0.2, 0) is 9.53 Å². The first kappa shape index (κ1) is 12.6. The number of carboxylic acids is 1. The number of ether oxygens (including phenoxy) is 2. The molecule has 1 saturated heterocycles. The molecule has 1 aromatic heterocycles. The van der Waals surface area contributed by atoms with Crippen LogP contribution in [0.1, 0.15) is 12.8 Å². The monoisotopic (exact) mass is 253 g/mol. The third-order valence-corrected chi connectivity index (χ3v) is 2.72. The van der Waals surface area contributed by atoms with Crippen molar-refractivity contribution in [2.45, 2.75) is 25.0 Å². The lowest BCUT2D eigenvalue weighted by Gasteiger charge is -2.12. The Morgan fingerprint density at radius 1 is 1.61 bits per heavy atom. The molecule has 0 amide bonds. The molecule has 1 fully saturated rings. The highest BCUT2D eigenvalue weighted by atomic mass is 16.5. The summed E-state index contributed by atoms with van der Waals surface area (Å²) in [6, 6.07) is 0. The van der Waals surface area contributed by atoms with Gasteiger partial charge in [0, 0.05) is 6.54 Å². The van der Waals surface area contributed by atoms with Crippen molar-refractivity contribution in [1.29, 1.82) is 0 Å². The molecule has 7 heteroatoms. The Morgan fingerprint density at radius 2 is 2.44 bits per heavy atom. The molecule has 2 rings (SSSR count). The highest BCUT2D eigenvalue weighted by molar-refractivity contribution is 5.72. The molecule has 0 bridgehead atoms. The van der Waals surface area contributed by atoms with Crippen LogP contribution >= 0.6 is 0 Å². The van der Waals surface area contributed by atoms with E-state index in [0.29, 0.717) is 24.7 Å². The van der Waals surface area contributed by atoms with Crippen LogP contribution < -0.4 is 10.1 Å². The zero-order chi connectivity index (χ0) is 13.0. The highest BCUT2D eigenvalue weighted by Crippen LogP contribution is 2.20. The van der Waals surface area contributed by atoms with E-state index in [-0.39, 0.29) is 6.10 Å². The summed E-state index contributed by atoms with van der Waals surface area (Å²) in [7, 11) is 1.52. The average Bonchev–Trinajstić information content (AvgIpc) is 2.85. The van der Waals surface area contributed by atoms with E-state index >= 15 is 0 Å². The number of nitrogens with zero attached hydrogens (tertiary/aromatic N) is 2. The maximum absolute atomic E-state index is 10.7. The maximum atomic E-state index is 10.7. The molecular formula is C11H15N3O4. The second kappa shape index (κ2) is 5.63. The van der Waals surface area contributed by atoms with Crippen molar-refractivity contribution in [2.24, 2.45) is 0 Å². The number of hydrogen-bond acceptors (Lipinski definition) is 6. The average molecular weight is 253 g/mol. The molecule has 0 spiro atoms. The topological polar surface area (TPSA) is 93.6 Å². The molecule has 0 aromatic carbocycles. The zero-order valence-electron chi connectivity index (χ0n) is 10.00. The van der Waals surface area contributed by atoms with Gasteiger partial charge in [0.15, 0.2) is 6.10 Å². The molecule has 7 nitrogen and oxygen atoms in total. The van der Waals surface area contributed by atoms with E-state index in [2.05, 4.69) is 15.3 Å². The van der Waals surface area contributed by atoms with E-state index in [1.165, 1.54) is 13.3 Å². The molecule has 2 unspecified atom stereocenters. The highest BCUT2D eigenvalue weighted by Gasteiger charge is 2.30. The molecule has 18 heavy (non-hydrogen) atoms. The number of methoxy groups -OCH3 is 1. The molecule has 1 aromatic rings. The third-order valence-electron chi connectivity index (χ3n) is 2.72. The molecule has 1 aliphatic heterocycles. The van der Waals surface area contributed by atoms with Gasteiger partial charge in [-0.2, -0.15) is 4.98 Å². The van der Waals surface area contributed by atoms with Crippen LogP contribution in [0.3, 0.4) is 0 Å². The normalized spacial score (nSPS) is 22.7. The summed E-state index contributed by atoms with van der Waals surface area (Å²) < 4.78 is 10.3. The number of hydrogen-bond donors (Lipinski definition) is 2. The Labute approximate surface area is 104 Å². The van der Waals surface area contributed by atoms with Gasteiger partial charge in [-0.05, 0) is 12.8 Å². The van der Waals surface area contributed by atoms with Gasteiger partial charge in [0.2, 0.25) is 5.88 Å². The fourth-order valence-electron chi connectivity index (χ4n) is 1.79. The van der Waals surface area contributed by atoms with Crippen molar-refractivity contribution < 1.29 is 19.4 Å². The van der Waals surface area contributed by atoms with Crippen LogP contribution in [-0.4, -0.2) is 46.9 Å². The van der Waals surface area contributed by atoms with Crippen LogP contribution in [0, 0.1) is 0 Å². The van der Waals surface area contributed by atoms with Crippen molar-refractivity contribution in [2.75, 3.05) is 19.0 Å². The van der Waals surface area contributed by atoms with Gasteiger partial charge in [-0.1, -0.05) is 0 Å². The standard InChI is InChI=1S/C11H15N3O4/c1-17-10-6-12-5-9(14-10)13-4-7-2-3-8(18-7)11(15)16/h5-8H,2-4H2,1H3,(H,13,14)(H,15,16). The van der Waals surface area contributed by atoms with E-state index in [4.69, 9.17) is 14.6 Å². The van der Waals surface area contributed by atoms with E-state index in [1.807, 2.05) is 0 Å². The fourth-order valence-corrected chi connectivity index (χ4v) is 1.79. The lowest BCUT2D eigenvalue weighted by atomic mass is 10.2. The molecule has 0 saturated carbocycles. The summed E-state index contributed by atoms with van der Waals surface area (Å²) >= 11 is 0. The summed E-state index contributed by atoms with van der Waals surface area (Å²) in [5.74, 6) is 0.103. The van der Waals surface area contributed by atoms with Gasteiger partial charge in [0.05, 0.1) is 25.6 Å². The minimum Gasteiger partial charge on any atom is -0.480 e. The fraction of sp³-hybridized carbons (Fsp3) is 0.545. The van der Waals surface area contributed by atoms with E-state index in [9.17, 15) is 4.79 Å². The Bertz CT molecular complexity index is 427. The lowest BCUT2D eigenvalue weighted by Crippen LogP contribution is -2.24. The molecule has 0 radical (unpaired) electrons. The minimum atomic E-state index is -0.904. The number of rotatable bonds is 5. The van der Waals surface area contributed by atoms with Gasteiger partial charge in [-0.3, -0.25) is 4.98 Å². The second-order valence-corrected chi connectivity index (χ2v) is 3.99. The van der Waals surface area contributed by atoms with Gasteiger partial charge in [-0.15, -0.1) is 0 Å². The molecule has 1 aliphatic rings. The first-order chi connectivity index (χ1) is 8.69. The van der Waals surface area contributed by atoms with Gasteiger partial charge >= 0.3 is 5.97 Å². The number of aliphatic carboxylic acids is 1. The van der Waals surface area contributed by atoms with Gasteiger partial charge in [-0.25, -0.2) is 4.79 Å². The summed E-state index contributed by atoms with van der Waals surface area (Å²) in [6.07, 6.45) is 3.56. The van der Waals surface area contributed by atoms with Crippen LogP contribution in [0.2, 0.25) is 0 Å². The Morgan fingerprint density at radius 3 is 3.11 bits per heavy atom. The van der Waals surface area contributed by atoms with Crippen LogP contribution in [0.4, 0.5) is 5.82 Å². The second-order valence-electron chi connectivity index (χ2n) is 3.99. The van der Waals surface area contributed by atoms with Gasteiger partial charge in [0.25, 0.3) is 0 Å². The Hall–Kier alpha value is -1.89. The maximum Gasteiger partial charge on any atom is 0.332 e. The van der Waals surface area contributed by atoms with E-state index in [0.717, 1.165) is 6.42 Å². The molecule has 2 atom stereocenters. The predicted octanol–water partition coefficient (Wildman–Crippen LogP) is 0.529. The van der Waals surface area contributed by atoms with Crippen LogP contribution in [0.25, 0.3) is 0 Å². The summed E-state index contributed by atoms with van der Waals surface area (Å²) in [4.78, 5) is 18.8. The Balaban J connectivity index is 1.83. The van der Waals surface area contributed by atoms with Crippen molar-refractivity contribution in [1.82, 2.24) is 9.97 Å². The number of aromatic nitrogens is 2. The molecule has 2 N–H and O–H groups in total. The number of anilines is 1. The number of carbonyl (C=O) groups is 1. The van der Waals surface area contributed by atoms with Crippen molar-refractivity contribution >= 4 is 11.8 Å². The van der Waals surface area contributed by atoms with Crippen molar-refractivity contribution in [3.63, 3.8) is 0 Å². The molecule has 2 heterocycles. The van der Waals surface area contributed by atoms with Crippen molar-refractivity contribution in [3.8, 4) is 5.88 Å². The van der Waals surface area contributed by atoms with Gasteiger partial charge < -0.3 is 19.9 Å². The molecular weight excluding hydrogens is 238 g/mol. The lowest BCUT2D eigenvalue weighted by molar-refractivity contribution is -0.149. The summed E-state index contributed by atoms with van der Waals surface area (Å²) in [6.45, 7) is 0.506. The third kappa shape index (κ3) is 3.07. The first-order valence-corrected chi connectivity index (χ1v) is 5.67. The SMILES string of the molecule is COc1cncc(NCC2CCC(C(=O)O)O2)n1. The van der Waals surface area contributed by atoms with Crippen LogP contribution in [0.5, 0.6) is 5.88 Å². The zero-order valence-corrected chi connectivity index (χ0v) is 10.00. The van der Waals surface area contributed by atoms with Gasteiger partial charge in [0.1, 0.15) is 5.82 Å². The predicted molar refractivity (Wildman–Crippen MR) is 62.6 cm³/mol.